The number of unbranched alkanes of at least 4 members (excludes halogenated alkanes) is 9. The summed E-state index contributed by atoms with van der Waals surface area (Å²) < 4.78 is 5.14. The van der Waals surface area contributed by atoms with Gasteiger partial charge in [-0.3, -0.25) is 0 Å². The summed E-state index contributed by atoms with van der Waals surface area (Å²) in [4.78, 5) is 0. The summed E-state index contributed by atoms with van der Waals surface area (Å²) in [5.41, 5.74) is 0. The molecule has 1 saturated carbocycles. The van der Waals surface area contributed by atoms with Crippen LogP contribution in [0.1, 0.15) is 103 Å². The zero-order chi connectivity index (χ0) is 17.3. The molecular formula is C21H40O3. The monoisotopic (exact) mass is 340 g/mol. The largest absolute Gasteiger partial charge is 0.507 e. The third kappa shape index (κ3) is 12.7. The molecule has 0 bridgehead atoms. The summed E-state index contributed by atoms with van der Waals surface area (Å²) in [7, 11) is 0. The Balaban J connectivity index is 1.71. The third-order valence-electron chi connectivity index (χ3n) is 5.23. The second-order valence-corrected chi connectivity index (χ2v) is 7.47. The van der Waals surface area contributed by atoms with Crippen LogP contribution in [0.15, 0.2) is 12.0 Å². The topological polar surface area (TPSA) is 49.7 Å². The van der Waals surface area contributed by atoms with Gasteiger partial charge in [0.2, 0.25) is 0 Å². The van der Waals surface area contributed by atoms with Crippen molar-refractivity contribution in [3.63, 3.8) is 0 Å². The standard InChI is InChI=1S/C21H40O3/c22-18-21(23)19-24-17-13-8-6-4-2-1-3-5-7-10-14-20-15-11-9-12-16-20/h19-20,22-23H,1-18H2/b21-19+. The molecule has 0 aromatic heterocycles. The van der Waals surface area contributed by atoms with Gasteiger partial charge in [0.15, 0.2) is 5.76 Å². The van der Waals surface area contributed by atoms with Gasteiger partial charge in [0, 0.05) is 0 Å². The van der Waals surface area contributed by atoms with Gasteiger partial charge in [0.05, 0.1) is 6.61 Å². The van der Waals surface area contributed by atoms with Crippen LogP contribution in [0, 0.1) is 5.92 Å². The Labute approximate surface area is 149 Å². The molecule has 24 heavy (non-hydrogen) atoms. The van der Waals surface area contributed by atoms with Crippen molar-refractivity contribution in [1.82, 2.24) is 0 Å². The second kappa shape index (κ2) is 15.8. The Bertz CT molecular complexity index is 295. The first-order valence-corrected chi connectivity index (χ1v) is 10.4. The van der Waals surface area contributed by atoms with Gasteiger partial charge in [-0.2, -0.15) is 0 Å². The Hall–Kier alpha value is -0.700. The van der Waals surface area contributed by atoms with Gasteiger partial charge in [0.25, 0.3) is 0 Å². The van der Waals surface area contributed by atoms with Crippen LogP contribution >= 0.6 is 0 Å². The number of ether oxygens (including phenoxy) is 1. The molecule has 1 fully saturated rings. The maximum absolute atomic E-state index is 8.99. The molecule has 1 aliphatic rings. The van der Waals surface area contributed by atoms with Gasteiger partial charge < -0.3 is 14.9 Å². The number of hydrogen-bond acceptors (Lipinski definition) is 3. The van der Waals surface area contributed by atoms with Crippen LogP contribution in [0.25, 0.3) is 0 Å². The van der Waals surface area contributed by atoms with Crippen molar-refractivity contribution in [2.45, 2.75) is 103 Å². The molecule has 2 N–H and O–H groups in total. The third-order valence-corrected chi connectivity index (χ3v) is 5.23. The van der Waals surface area contributed by atoms with E-state index in [0.29, 0.717) is 6.61 Å². The smallest absolute Gasteiger partial charge is 0.152 e. The van der Waals surface area contributed by atoms with E-state index in [4.69, 9.17) is 14.9 Å². The minimum Gasteiger partial charge on any atom is -0.507 e. The molecule has 0 spiro atoms. The molecule has 1 rings (SSSR count). The Morgan fingerprint density at radius 1 is 0.792 bits per heavy atom. The highest BCUT2D eigenvalue weighted by Crippen LogP contribution is 2.28. The van der Waals surface area contributed by atoms with Crippen LogP contribution in [0.5, 0.6) is 0 Å². The highest BCUT2D eigenvalue weighted by Gasteiger charge is 2.12. The lowest BCUT2D eigenvalue weighted by Crippen LogP contribution is -2.05. The van der Waals surface area contributed by atoms with Crippen LogP contribution in [-0.2, 0) is 4.74 Å². The van der Waals surface area contributed by atoms with Crippen molar-refractivity contribution in [1.29, 1.82) is 0 Å². The summed E-state index contributed by atoms with van der Waals surface area (Å²) in [6.07, 6.45) is 23.5. The second-order valence-electron chi connectivity index (χ2n) is 7.47. The molecule has 142 valence electrons. The summed E-state index contributed by atoms with van der Waals surface area (Å²) in [5.74, 6) is 0.958. The number of hydrogen-bond donors (Lipinski definition) is 2. The van der Waals surface area contributed by atoms with E-state index in [2.05, 4.69) is 0 Å². The molecule has 0 aliphatic heterocycles. The van der Waals surface area contributed by atoms with E-state index >= 15 is 0 Å². The highest BCUT2D eigenvalue weighted by molar-refractivity contribution is 4.82. The molecule has 0 saturated heterocycles. The quantitative estimate of drug-likeness (QED) is 0.273. The van der Waals surface area contributed by atoms with Gasteiger partial charge >= 0.3 is 0 Å². The number of aliphatic hydroxyl groups is 2. The average molecular weight is 341 g/mol. The molecule has 3 heteroatoms. The van der Waals surface area contributed by atoms with Crippen LogP contribution in [0.3, 0.4) is 0 Å². The Morgan fingerprint density at radius 2 is 1.33 bits per heavy atom. The lowest BCUT2D eigenvalue weighted by Gasteiger charge is -2.21. The predicted molar refractivity (Wildman–Crippen MR) is 101 cm³/mol. The summed E-state index contributed by atoms with van der Waals surface area (Å²) >= 11 is 0. The van der Waals surface area contributed by atoms with Crippen molar-refractivity contribution < 1.29 is 14.9 Å². The summed E-state index contributed by atoms with van der Waals surface area (Å²) in [6, 6.07) is 0. The summed E-state index contributed by atoms with van der Waals surface area (Å²) in [5, 5.41) is 17.6. The lowest BCUT2D eigenvalue weighted by atomic mass is 9.85. The van der Waals surface area contributed by atoms with Crippen molar-refractivity contribution in [2.24, 2.45) is 5.92 Å². The van der Waals surface area contributed by atoms with Crippen LogP contribution in [0.2, 0.25) is 0 Å². The minimum absolute atomic E-state index is 0.103. The first kappa shape index (κ1) is 21.3. The molecular weight excluding hydrogens is 300 g/mol. The molecule has 0 aromatic rings. The molecule has 0 radical (unpaired) electrons. The van der Waals surface area contributed by atoms with Crippen molar-refractivity contribution in [3.8, 4) is 0 Å². The fourth-order valence-corrected chi connectivity index (χ4v) is 3.70. The van der Waals surface area contributed by atoms with E-state index < -0.39 is 0 Å². The molecule has 0 atom stereocenters. The van der Waals surface area contributed by atoms with Crippen LogP contribution in [-0.4, -0.2) is 23.4 Å². The zero-order valence-electron chi connectivity index (χ0n) is 15.7. The van der Waals surface area contributed by atoms with Crippen molar-refractivity contribution in [3.05, 3.63) is 12.0 Å². The predicted octanol–water partition coefficient (Wildman–Crippen LogP) is 6.27. The van der Waals surface area contributed by atoms with E-state index in [0.717, 1.165) is 12.3 Å². The van der Waals surface area contributed by atoms with Gasteiger partial charge in [-0.05, 0) is 12.3 Å². The van der Waals surface area contributed by atoms with Crippen LogP contribution in [0.4, 0.5) is 0 Å². The maximum Gasteiger partial charge on any atom is 0.152 e. The van der Waals surface area contributed by atoms with Gasteiger partial charge in [-0.25, -0.2) is 0 Å². The molecule has 0 aromatic carbocycles. The van der Waals surface area contributed by atoms with Gasteiger partial charge in [-0.15, -0.1) is 0 Å². The fraction of sp³-hybridized carbons (Fsp3) is 0.905. The molecule has 3 nitrogen and oxygen atoms in total. The van der Waals surface area contributed by atoms with E-state index in [9.17, 15) is 0 Å². The Morgan fingerprint density at radius 3 is 1.92 bits per heavy atom. The zero-order valence-corrected chi connectivity index (χ0v) is 15.7. The van der Waals surface area contributed by atoms with E-state index in [1.54, 1.807) is 0 Å². The van der Waals surface area contributed by atoms with E-state index in [1.165, 1.54) is 103 Å². The Kier molecular flexibility index (Phi) is 14.1. The number of rotatable bonds is 15. The molecule has 0 heterocycles. The molecule has 0 unspecified atom stereocenters. The van der Waals surface area contributed by atoms with Crippen molar-refractivity contribution >= 4 is 0 Å². The summed E-state index contributed by atoms with van der Waals surface area (Å²) in [6.45, 7) is 0.283. The SMILES string of the molecule is OC/C(O)=C\OCCCCCCCCCCCCC1CCCCC1. The minimum atomic E-state index is -0.347. The first-order chi connectivity index (χ1) is 11.8. The maximum atomic E-state index is 8.99. The average Bonchev–Trinajstić information content (AvgIpc) is 2.62. The first-order valence-electron chi connectivity index (χ1n) is 10.4. The van der Waals surface area contributed by atoms with Gasteiger partial charge in [-0.1, -0.05) is 96.3 Å². The van der Waals surface area contributed by atoms with E-state index in [1.807, 2.05) is 0 Å². The molecule has 0 amide bonds. The van der Waals surface area contributed by atoms with E-state index in [-0.39, 0.29) is 12.4 Å². The van der Waals surface area contributed by atoms with Gasteiger partial charge in [0.1, 0.15) is 12.9 Å². The van der Waals surface area contributed by atoms with Crippen LogP contribution < -0.4 is 0 Å². The molecule has 1 aliphatic carbocycles. The highest BCUT2D eigenvalue weighted by atomic mass is 16.5. The fourth-order valence-electron chi connectivity index (χ4n) is 3.70. The van der Waals surface area contributed by atoms with Crippen molar-refractivity contribution in [2.75, 3.05) is 13.2 Å². The normalized spacial score (nSPS) is 16.5. The number of aliphatic hydroxyl groups excluding tert-OH is 2. The lowest BCUT2D eigenvalue weighted by molar-refractivity contribution is 0.195.